The summed E-state index contributed by atoms with van der Waals surface area (Å²) in [7, 11) is 0. The number of nitrogens with zero attached hydrogens (tertiary/aromatic N) is 2. The molecule has 0 unspecified atom stereocenters. The van der Waals surface area contributed by atoms with Crippen LogP contribution in [0.15, 0.2) is 152 Å². The average Bonchev–Trinajstić information content (AvgIpc) is 3.85. The van der Waals surface area contributed by atoms with Crippen molar-refractivity contribution in [2.75, 3.05) is 4.90 Å². The molecule has 11 rings (SSSR count). The van der Waals surface area contributed by atoms with Crippen molar-refractivity contribution in [3.05, 3.63) is 162 Å². The highest BCUT2D eigenvalue weighted by atomic mass is 32.1. The topological polar surface area (TPSA) is 8.17 Å². The van der Waals surface area contributed by atoms with E-state index in [1.165, 1.54) is 95.3 Å². The standard InChI is InChI=1S/C46H30N2S2/c1-2-13-29(14-3-1)47-37-20-9-6-18-35(37)46-38(47)21-12-22-39(46)48(30-25-26-33-32-16-7-10-23-41(32)49-43(33)27-30)40-28-44-45(34-17-5-4-15-31(34)40)36-19-8-11-24-42(36)50-44/h1-11,13-21,23-28H,12,22H2. The highest BCUT2D eigenvalue weighted by molar-refractivity contribution is 7.26. The van der Waals surface area contributed by atoms with Gasteiger partial charge in [-0.2, -0.15) is 0 Å². The second-order valence-electron chi connectivity index (χ2n) is 13.2. The molecule has 0 saturated carbocycles. The van der Waals surface area contributed by atoms with Crippen LogP contribution in [-0.2, 0) is 0 Å². The van der Waals surface area contributed by atoms with Crippen LogP contribution in [0.25, 0.3) is 79.5 Å². The van der Waals surface area contributed by atoms with Gasteiger partial charge in [-0.15, -0.1) is 22.7 Å². The lowest BCUT2D eigenvalue weighted by Gasteiger charge is -2.30. The van der Waals surface area contributed by atoms with Crippen LogP contribution in [-0.4, -0.2) is 4.57 Å². The van der Waals surface area contributed by atoms with Crippen molar-refractivity contribution in [2.45, 2.75) is 12.8 Å². The van der Waals surface area contributed by atoms with Crippen LogP contribution < -0.4 is 15.5 Å². The maximum absolute atomic E-state index is 2.61. The third-order valence-electron chi connectivity index (χ3n) is 10.4. The van der Waals surface area contributed by atoms with E-state index in [9.17, 15) is 0 Å². The highest BCUT2D eigenvalue weighted by Gasteiger charge is 2.25. The van der Waals surface area contributed by atoms with E-state index in [1.807, 2.05) is 22.7 Å². The van der Waals surface area contributed by atoms with E-state index in [0.29, 0.717) is 0 Å². The number of hydrogen-bond donors (Lipinski definition) is 0. The second-order valence-corrected chi connectivity index (χ2v) is 15.3. The quantitative estimate of drug-likeness (QED) is 0.180. The Kier molecular flexibility index (Phi) is 6.15. The van der Waals surface area contributed by atoms with Gasteiger partial charge in [0.15, 0.2) is 0 Å². The zero-order valence-corrected chi connectivity index (χ0v) is 28.8. The Morgan fingerprint density at radius 2 is 1.14 bits per heavy atom. The fourth-order valence-corrected chi connectivity index (χ4v) is 10.7. The number of thiophene rings is 2. The molecule has 2 nitrogen and oxygen atoms in total. The molecule has 0 atom stereocenters. The van der Waals surface area contributed by atoms with Gasteiger partial charge in [0.1, 0.15) is 0 Å². The summed E-state index contributed by atoms with van der Waals surface area (Å²) in [6.07, 6.45) is 4.36. The number of aromatic nitrogens is 1. The number of benzene rings is 7. The SMILES string of the molecule is C1=c2c(c3ccccc3n2-c2ccccc2)=C(N(c2ccc3c(c2)sc2ccccc23)c2cc3sc4ccccc4c3c3ccccc23)CC1. The van der Waals surface area contributed by atoms with Gasteiger partial charge in [0, 0.05) is 73.4 Å². The predicted molar refractivity (Wildman–Crippen MR) is 218 cm³/mol. The van der Waals surface area contributed by atoms with Crippen LogP contribution in [0.4, 0.5) is 11.4 Å². The van der Waals surface area contributed by atoms with Crippen LogP contribution in [0.5, 0.6) is 0 Å². The van der Waals surface area contributed by atoms with E-state index in [0.717, 1.165) is 12.8 Å². The second kappa shape index (κ2) is 10.9. The molecule has 7 aromatic carbocycles. The van der Waals surface area contributed by atoms with E-state index in [-0.39, 0.29) is 0 Å². The minimum absolute atomic E-state index is 0.943. The first-order valence-corrected chi connectivity index (χ1v) is 18.9. The molecule has 0 radical (unpaired) electrons. The van der Waals surface area contributed by atoms with Crippen molar-refractivity contribution in [3.63, 3.8) is 0 Å². The molecule has 0 saturated heterocycles. The van der Waals surface area contributed by atoms with Crippen molar-refractivity contribution >= 4 is 108 Å². The minimum atomic E-state index is 0.943. The van der Waals surface area contributed by atoms with Crippen LogP contribution in [0.2, 0.25) is 0 Å². The molecule has 50 heavy (non-hydrogen) atoms. The van der Waals surface area contributed by atoms with Gasteiger partial charge >= 0.3 is 0 Å². The van der Waals surface area contributed by atoms with Gasteiger partial charge in [0.05, 0.1) is 16.6 Å². The summed E-state index contributed by atoms with van der Waals surface area (Å²) in [6, 6.07) is 56.1. The zero-order chi connectivity index (χ0) is 32.8. The third-order valence-corrected chi connectivity index (χ3v) is 12.7. The van der Waals surface area contributed by atoms with E-state index in [2.05, 4.69) is 167 Å². The number of hydrogen-bond acceptors (Lipinski definition) is 3. The monoisotopic (exact) mass is 674 g/mol. The molecule has 10 aromatic rings. The van der Waals surface area contributed by atoms with E-state index >= 15 is 0 Å². The molecule has 3 heterocycles. The van der Waals surface area contributed by atoms with Crippen molar-refractivity contribution in [1.82, 2.24) is 4.57 Å². The summed E-state index contributed by atoms with van der Waals surface area (Å²) in [5, 5.41) is 11.8. The van der Waals surface area contributed by atoms with Crippen molar-refractivity contribution in [1.29, 1.82) is 0 Å². The molecule has 0 fully saturated rings. The third kappa shape index (κ3) is 4.07. The van der Waals surface area contributed by atoms with Gasteiger partial charge in [0.25, 0.3) is 0 Å². The van der Waals surface area contributed by atoms with E-state index in [4.69, 9.17) is 0 Å². The molecule has 0 aliphatic heterocycles. The molecule has 0 N–H and O–H groups in total. The molecule has 236 valence electrons. The van der Waals surface area contributed by atoms with Gasteiger partial charge < -0.3 is 9.47 Å². The first-order valence-electron chi connectivity index (χ1n) is 17.2. The first kappa shape index (κ1) is 28.2. The zero-order valence-electron chi connectivity index (χ0n) is 27.1. The number of para-hydroxylation sites is 2. The summed E-state index contributed by atoms with van der Waals surface area (Å²) in [4.78, 5) is 2.61. The summed E-state index contributed by atoms with van der Waals surface area (Å²) in [5.41, 5.74) is 6.22. The largest absolute Gasteiger partial charge is 0.313 e. The minimum Gasteiger partial charge on any atom is -0.313 e. The summed E-state index contributed by atoms with van der Waals surface area (Å²) < 4.78 is 7.76. The fourth-order valence-electron chi connectivity index (χ4n) is 8.35. The fraction of sp³-hybridized carbons (Fsp3) is 0.0435. The van der Waals surface area contributed by atoms with Crippen LogP contribution in [0.3, 0.4) is 0 Å². The Bertz CT molecular complexity index is 3110. The molecule has 0 bridgehead atoms. The van der Waals surface area contributed by atoms with Gasteiger partial charge in [-0.05, 0) is 66.8 Å². The maximum atomic E-state index is 2.61. The van der Waals surface area contributed by atoms with E-state index in [1.54, 1.807) is 0 Å². The van der Waals surface area contributed by atoms with Crippen molar-refractivity contribution in [3.8, 4) is 5.69 Å². The molecule has 1 aliphatic rings. The average molecular weight is 675 g/mol. The van der Waals surface area contributed by atoms with Gasteiger partial charge in [-0.25, -0.2) is 0 Å². The maximum Gasteiger partial charge on any atom is 0.0551 e. The predicted octanol–water partition coefficient (Wildman–Crippen LogP) is 12.0. The summed E-state index contributed by atoms with van der Waals surface area (Å²) >= 11 is 3.79. The molecule has 3 aromatic heterocycles. The smallest absolute Gasteiger partial charge is 0.0551 e. The molecule has 0 spiro atoms. The summed E-state index contributed by atoms with van der Waals surface area (Å²) in [5.74, 6) is 0. The van der Waals surface area contributed by atoms with Crippen LogP contribution in [0.1, 0.15) is 12.8 Å². The van der Waals surface area contributed by atoms with Crippen molar-refractivity contribution < 1.29 is 0 Å². The number of rotatable bonds is 4. The van der Waals surface area contributed by atoms with Gasteiger partial charge in [0.2, 0.25) is 0 Å². The molecule has 0 amide bonds. The van der Waals surface area contributed by atoms with Crippen LogP contribution in [0, 0.1) is 0 Å². The number of anilines is 2. The Morgan fingerprint density at radius 3 is 1.98 bits per heavy atom. The van der Waals surface area contributed by atoms with Crippen LogP contribution >= 0.6 is 22.7 Å². The molecule has 4 heteroatoms. The lowest BCUT2D eigenvalue weighted by Crippen LogP contribution is -2.37. The first-order chi connectivity index (χ1) is 24.8. The summed E-state index contributed by atoms with van der Waals surface area (Å²) in [6.45, 7) is 0. The molecular formula is C46H30N2S2. The van der Waals surface area contributed by atoms with Gasteiger partial charge in [-0.3, -0.25) is 0 Å². The molecular weight excluding hydrogens is 645 g/mol. The van der Waals surface area contributed by atoms with Crippen molar-refractivity contribution in [2.24, 2.45) is 0 Å². The normalized spacial score (nSPS) is 13.2. The lowest BCUT2D eigenvalue weighted by molar-refractivity contribution is 0.985. The Labute approximate surface area is 296 Å². The van der Waals surface area contributed by atoms with Gasteiger partial charge in [-0.1, -0.05) is 109 Å². The Balaban J connectivity index is 1.30. The Hall–Kier alpha value is -5.68. The van der Waals surface area contributed by atoms with E-state index < -0.39 is 0 Å². The molecule has 1 aliphatic carbocycles. The lowest BCUT2D eigenvalue weighted by atomic mass is 9.99. The Morgan fingerprint density at radius 1 is 0.500 bits per heavy atom. The highest BCUT2D eigenvalue weighted by Crippen LogP contribution is 2.47. The number of fused-ring (bicyclic) bond motifs is 11.